The highest BCUT2D eigenvalue weighted by Gasteiger charge is 2.26. The molecule has 0 radical (unpaired) electrons. The molecule has 3 rings (SSSR count). The van der Waals surface area contributed by atoms with E-state index in [9.17, 15) is 5.26 Å². The van der Waals surface area contributed by atoms with E-state index in [4.69, 9.17) is 0 Å². The monoisotopic (exact) mass is 238 g/mol. The molecule has 4 heteroatoms. The van der Waals surface area contributed by atoms with Gasteiger partial charge in [0, 0.05) is 17.8 Å². The summed E-state index contributed by atoms with van der Waals surface area (Å²) >= 11 is 0. The summed E-state index contributed by atoms with van der Waals surface area (Å²) in [7, 11) is 0. The van der Waals surface area contributed by atoms with Crippen LogP contribution in [0.1, 0.15) is 41.3 Å². The fraction of sp³-hybridized carbons (Fsp3) is 0.357. The molecule has 2 heterocycles. The van der Waals surface area contributed by atoms with Gasteiger partial charge < -0.3 is 0 Å². The molecule has 0 atom stereocenters. The first-order valence-electron chi connectivity index (χ1n) is 6.13. The van der Waals surface area contributed by atoms with Gasteiger partial charge in [-0.3, -0.25) is 0 Å². The summed E-state index contributed by atoms with van der Waals surface area (Å²) in [6.45, 7) is 3.87. The topological polar surface area (TPSA) is 54.5 Å². The number of aryl methyl sites for hydroxylation is 2. The lowest BCUT2D eigenvalue weighted by molar-refractivity contribution is 0.804. The number of rotatable bonds is 2. The predicted molar refractivity (Wildman–Crippen MR) is 67.5 cm³/mol. The van der Waals surface area contributed by atoms with Gasteiger partial charge in [0.2, 0.25) is 0 Å². The molecule has 0 amide bonds. The molecular weight excluding hydrogens is 224 g/mol. The first-order chi connectivity index (χ1) is 8.69. The fourth-order valence-corrected chi connectivity index (χ4v) is 2.17. The SMILES string of the molecule is Cc1cc(C)c(C#N)c(-n2ccc(C3CC3)n2)n1. The molecule has 0 N–H and O–H groups in total. The van der Waals surface area contributed by atoms with Crippen molar-refractivity contribution in [2.24, 2.45) is 0 Å². The number of nitrogens with zero attached hydrogens (tertiary/aromatic N) is 4. The van der Waals surface area contributed by atoms with E-state index in [2.05, 4.69) is 16.2 Å². The van der Waals surface area contributed by atoms with Crippen LogP contribution < -0.4 is 0 Å². The van der Waals surface area contributed by atoms with Crippen LogP contribution in [0.2, 0.25) is 0 Å². The Balaban J connectivity index is 2.12. The average molecular weight is 238 g/mol. The van der Waals surface area contributed by atoms with E-state index in [-0.39, 0.29) is 0 Å². The molecule has 1 saturated carbocycles. The molecule has 0 aliphatic heterocycles. The Kier molecular flexibility index (Phi) is 2.41. The Bertz CT molecular complexity index is 644. The predicted octanol–water partition coefficient (Wildman–Crippen LogP) is 2.63. The second kappa shape index (κ2) is 3.95. The summed E-state index contributed by atoms with van der Waals surface area (Å²) in [5.74, 6) is 1.25. The minimum absolute atomic E-state index is 0.603. The van der Waals surface area contributed by atoms with E-state index < -0.39 is 0 Å². The molecule has 90 valence electrons. The van der Waals surface area contributed by atoms with Crippen molar-refractivity contribution in [3.05, 3.63) is 40.8 Å². The third kappa shape index (κ3) is 1.78. The quantitative estimate of drug-likeness (QED) is 0.808. The van der Waals surface area contributed by atoms with Crippen LogP contribution in [0.15, 0.2) is 18.3 Å². The highest BCUT2D eigenvalue weighted by Crippen LogP contribution is 2.39. The fourth-order valence-electron chi connectivity index (χ4n) is 2.17. The maximum Gasteiger partial charge on any atom is 0.171 e. The number of nitriles is 1. The molecule has 1 fully saturated rings. The van der Waals surface area contributed by atoms with Crippen LogP contribution in [-0.2, 0) is 0 Å². The van der Waals surface area contributed by atoms with Crippen molar-refractivity contribution in [1.29, 1.82) is 5.26 Å². The van der Waals surface area contributed by atoms with Crippen molar-refractivity contribution >= 4 is 0 Å². The van der Waals surface area contributed by atoms with E-state index in [1.807, 2.05) is 32.2 Å². The minimum atomic E-state index is 0.603. The molecule has 2 aromatic heterocycles. The molecule has 18 heavy (non-hydrogen) atoms. The molecule has 0 aromatic carbocycles. The molecule has 2 aromatic rings. The maximum atomic E-state index is 9.25. The lowest BCUT2D eigenvalue weighted by Crippen LogP contribution is -2.05. The largest absolute Gasteiger partial charge is 0.233 e. The molecule has 1 aliphatic rings. The summed E-state index contributed by atoms with van der Waals surface area (Å²) in [5, 5.41) is 13.8. The first kappa shape index (κ1) is 11.0. The second-order valence-corrected chi connectivity index (χ2v) is 4.85. The van der Waals surface area contributed by atoms with Gasteiger partial charge in [-0.15, -0.1) is 0 Å². The summed E-state index contributed by atoms with van der Waals surface area (Å²) in [4.78, 5) is 4.45. The van der Waals surface area contributed by atoms with E-state index in [1.165, 1.54) is 12.8 Å². The summed E-state index contributed by atoms with van der Waals surface area (Å²) in [6.07, 6.45) is 4.35. The van der Waals surface area contributed by atoms with Gasteiger partial charge in [-0.05, 0) is 44.4 Å². The van der Waals surface area contributed by atoms with Crippen molar-refractivity contribution in [1.82, 2.24) is 14.8 Å². The Morgan fingerprint density at radius 3 is 2.83 bits per heavy atom. The summed E-state index contributed by atoms with van der Waals surface area (Å²) in [6, 6.07) is 6.17. The Morgan fingerprint density at radius 2 is 2.17 bits per heavy atom. The number of pyridine rings is 1. The number of hydrogen-bond donors (Lipinski definition) is 0. The molecule has 0 unspecified atom stereocenters. The van der Waals surface area contributed by atoms with Gasteiger partial charge in [0.1, 0.15) is 6.07 Å². The lowest BCUT2D eigenvalue weighted by Gasteiger charge is -2.07. The van der Waals surface area contributed by atoms with Crippen LogP contribution in [-0.4, -0.2) is 14.8 Å². The first-order valence-corrected chi connectivity index (χ1v) is 6.13. The van der Waals surface area contributed by atoms with Crippen molar-refractivity contribution < 1.29 is 0 Å². The smallest absolute Gasteiger partial charge is 0.171 e. The molecule has 0 saturated heterocycles. The third-order valence-corrected chi connectivity index (χ3v) is 3.26. The summed E-state index contributed by atoms with van der Waals surface area (Å²) < 4.78 is 1.73. The van der Waals surface area contributed by atoms with Gasteiger partial charge in [0.15, 0.2) is 5.82 Å². The van der Waals surface area contributed by atoms with Gasteiger partial charge in [0.25, 0.3) is 0 Å². The van der Waals surface area contributed by atoms with E-state index in [1.54, 1.807) is 4.68 Å². The van der Waals surface area contributed by atoms with Gasteiger partial charge >= 0.3 is 0 Å². The van der Waals surface area contributed by atoms with Gasteiger partial charge in [-0.25, -0.2) is 9.67 Å². The molecule has 0 bridgehead atoms. The Hall–Kier alpha value is -2.15. The molecule has 4 nitrogen and oxygen atoms in total. The van der Waals surface area contributed by atoms with Crippen molar-refractivity contribution in [2.75, 3.05) is 0 Å². The standard InChI is InChI=1S/C14H14N4/c1-9-7-10(2)16-14(12(9)8-15)18-6-5-13(17-18)11-3-4-11/h5-7,11H,3-4H2,1-2H3. The van der Waals surface area contributed by atoms with E-state index >= 15 is 0 Å². The molecule has 0 spiro atoms. The van der Waals surface area contributed by atoms with E-state index in [0.29, 0.717) is 17.3 Å². The highest BCUT2D eigenvalue weighted by molar-refractivity contribution is 5.49. The second-order valence-electron chi connectivity index (χ2n) is 4.85. The maximum absolute atomic E-state index is 9.25. The van der Waals surface area contributed by atoms with Crippen LogP contribution in [0.5, 0.6) is 0 Å². The zero-order chi connectivity index (χ0) is 12.7. The van der Waals surface area contributed by atoms with Crippen molar-refractivity contribution in [3.63, 3.8) is 0 Å². The Labute approximate surface area is 106 Å². The van der Waals surface area contributed by atoms with Crippen LogP contribution in [0.4, 0.5) is 0 Å². The average Bonchev–Trinajstić information content (AvgIpc) is 3.06. The van der Waals surface area contributed by atoms with Crippen LogP contribution >= 0.6 is 0 Å². The zero-order valence-electron chi connectivity index (χ0n) is 10.5. The highest BCUT2D eigenvalue weighted by atomic mass is 15.3. The van der Waals surface area contributed by atoms with Crippen molar-refractivity contribution in [3.8, 4) is 11.9 Å². The molecule has 1 aliphatic carbocycles. The molecular formula is C14H14N4. The Morgan fingerprint density at radius 1 is 1.39 bits per heavy atom. The minimum Gasteiger partial charge on any atom is -0.233 e. The van der Waals surface area contributed by atoms with Crippen LogP contribution in [0.3, 0.4) is 0 Å². The number of aromatic nitrogens is 3. The zero-order valence-corrected chi connectivity index (χ0v) is 10.5. The normalized spacial score (nSPS) is 14.5. The van der Waals surface area contributed by atoms with E-state index in [0.717, 1.165) is 17.0 Å². The third-order valence-electron chi connectivity index (χ3n) is 3.26. The van der Waals surface area contributed by atoms with Crippen LogP contribution in [0.25, 0.3) is 5.82 Å². The van der Waals surface area contributed by atoms with Gasteiger partial charge in [-0.2, -0.15) is 10.4 Å². The summed E-state index contributed by atoms with van der Waals surface area (Å²) in [5.41, 5.74) is 3.57. The number of hydrogen-bond acceptors (Lipinski definition) is 3. The van der Waals surface area contributed by atoms with Gasteiger partial charge in [-0.1, -0.05) is 0 Å². The van der Waals surface area contributed by atoms with Crippen LogP contribution in [0, 0.1) is 25.2 Å². The van der Waals surface area contributed by atoms with Gasteiger partial charge in [0.05, 0.1) is 11.3 Å². The van der Waals surface area contributed by atoms with Crippen molar-refractivity contribution in [2.45, 2.75) is 32.6 Å². The lowest BCUT2D eigenvalue weighted by atomic mass is 10.1.